The molecule has 29 heavy (non-hydrogen) atoms. The number of anilines is 1. The minimum atomic E-state index is -4.51. The van der Waals surface area contributed by atoms with Crippen molar-refractivity contribution >= 4 is 29.3 Å². The second-order valence-corrected chi connectivity index (χ2v) is 7.00. The number of alkyl halides is 3. The molecular weight excluding hydrogens is 411 g/mol. The molecule has 0 saturated carbocycles. The third-order valence-corrected chi connectivity index (χ3v) is 4.77. The van der Waals surface area contributed by atoms with Gasteiger partial charge in [-0.05, 0) is 24.3 Å². The van der Waals surface area contributed by atoms with Crippen molar-refractivity contribution in [2.24, 2.45) is 0 Å². The molecule has 7 nitrogen and oxygen atoms in total. The van der Waals surface area contributed by atoms with E-state index in [1.165, 1.54) is 18.3 Å². The first-order valence-corrected chi connectivity index (χ1v) is 9.31. The van der Waals surface area contributed by atoms with E-state index in [4.69, 9.17) is 9.47 Å². The number of carbonyl (C=O) groups excluding carboxylic acids is 2. The lowest BCUT2D eigenvalue weighted by Gasteiger charge is -2.19. The number of hydrogen-bond acceptors (Lipinski definition) is 6. The molecule has 1 aliphatic heterocycles. The van der Waals surface area contributed by atoms with Crippen LogP contribution in [0.15, 0.2) is 41.6 Å². The molecule has 11 heteroatoms. The third-order valence-electron chi connectivity index (χ3n) is 3.76. The van der Waals surface area contributed by atoms with Crippen molar-refractivity contribution in [3.05, 3.63) is 42.1 Å². The van der Waals surface area contributed by atoms with Crippen LogP contribution >= 0.6 is 11.8 Å². The number of nitrogens with one attached hydrogen (secondary N) is 1. The fourth-order valence-electron chi connectivity index (χ4n) is 2.52. The fraction of sp³-hybridized carbons (Fsp3) is 0.278. The Morgan fingerprint density at radius 3 is 2.76 bits per heavy atom. The van der Waals surface area contributed by atoms with Gasteiger partial charge >= 0.3 is 6.18 Å². The van der Waals surface area contributed by atoms with E-state index < -0.39 is 18.6 Å². The zero-order valence-electron chi connectivity index (χ0n) is 15.2. The van der Waals surface area contributed by atoms with Gasteiger partial charge in [-0.15, -0.1) is 0 Å². The number of halogens is 3. The second kappa shape index (κ2) is 8.60. The Kier molecular flexibility index (Phi) is 6.16. The summed E-state index contributed by atoms with van der Waals surface area (Å²) >= 11 is 0.956. The molecule has 0 saturated heterocycles. The van der Waals surface area contributed by atoms with Gasteiger partial charge in [0.1, 0.15) is 11.6 Å². The summed E-state index contributed by atoms with van der Waals surface area (Å²) in [6.07, 6.45) is -3.11. The van der Waals surface area contributed by atoms with Crippen molar-refractivity contribution in [3.8, 4) is 11.5 Å². The van der Waals surface area contributed by atoms with Gasteiger partial charge in [-0.25, -0.2) is 4.98 Å². The summed E-state index contributed by atoms with van der Waals surface area (Å²) in [5.74, 6) is -0.192. The molecule has 0 fully saturated rings. The Balaban J connectivity index is 1.62. The Bertz CT molecular complexity index is 923. The molecule has 3 rings (SSSR count). The lowest BCUT2D eigenvalue weighted by atomic mass is 10.2. The van der Waals surface area contributed by atoms with Crippen molar-refractivity contribution in [1.29, 1.82) is 0 Å². The second-order valence-electron chi connectivity index (χ2n) is 6.04. The summed E-state index contributed by atoms with van der Waals surface area (Å²) in [6, 6.07) is 7.76. The van der Waals surface area contributed by atoms with Gasteiger partial charge in [0.2, 0.25) is 12.7 Å². The molecule has 0 aliphatic carbocycles. The number of ether oxygens (including phenoxy) is 2. The van der Waals surface area contributed by atoms with Crippen LogP contribution < -0.4 is 14.8 Å². The molecule has 2 heterocycles. The highest BCUT2D eigenvalue weighted by Gasteiger charge is 2.32. The zero-order valence-corrected chi connectivity index (χ0v) is 16.0. The van der Waals surface area contributed by atoms with Crippen LogP contribution in [0.2, 0.25) is 0 Å². The minimum absolute atomic E-state index is 0.000120. The first kappa shape index (κ1) is 20.8. The van der Waals surface area contributed by atoms with Crippen molar-refractivity contribution in [2.75, 3.05) is 31.5 Å². The lowest BCUT2D eigenvalue weighted by Crippen LogP contribution is -2.36. The molecule has 0 radical (unpaired) electrons. The monoisotopic (exact) mass is 427 g/mol. The number of nitrogens with zero attached hydrogens (tertiary/aromatic N) is 2. The fourth-order valence-corrected chi connectivity index (χ4v) is 3.31. The molecule has 1 aliphatic rings. The molecule has 2 aromatic rings. The quantitative estimate of drug-likeness (QED) is 0.714. The Morgan fingerprint density at radius 1 is 1.24 bits per heavy atom. The maximum atomic E-state index is 12.5. The van der Waals surface area contributed by atoms with Crippen molar-refractivity contribution in [3.63, 3.8) is 0 Å². The molecule has 0 spiro atoms. The van der Waals surface area contributed by atoms with E-state index in [9.17, 15) is 22.8 Å². The molecule has 1 aromatic heterocycles. The largest absolute Gasteiger partial charge is 0.454 e. The zero-order chi connectivity index (χ0) is 21.0. The van der Waals surface area contributed by atoms with Crippen LogP contribution in [0.1, 0.15) is 10.4 Å². The van der Waals surface area contributed by atoms with Crippen LogP contribution in [-0.2, 0) is 4.79 Å². The van der Waals surface area contributed by atoms with E-state index in [1.54, 1.807) is 18.2 Å². The number of benzene rings is 1. The summed E-state index contributed by atoms with van der Waals surface area (Å²) in [4.78, 5) is 29.1. The Hall–Kier alpha value is -2.95. The van der Waals surface area contributed by atoms with Crippen LogP contribution in [-0.4, -0.2) is 54.0 Å². The minimum Gasteiger partial charge on any atom is -0.454 e. The van der Waals surface area contributed by atoms with Gasteiger partial charge < -0.3 is 19.7 Å². The van der Waals surface area contributed by atoms with Gasteiger partial charge in [0.05, 0.1) is 11.3 Å². The smallest absolute Gasteiger partial charge is 0.406 e. The van der Waals surface area contributed by atoms with Crippen molar-refractivity contribution < 1.29 is 32.2 Å². The molecule has 2 amide bonds. The maximum absolute atomic E-state index is 12.5. The van der Waals surface area contributed by atoms with Crippen LogP contribution in [0.3, 0.4) is 0 Å². The predicted octanol–water partition coefficient (Wildman–Crippen LogP) is 3.18. The average molecular weight is 427 g/mol. The molecule has 0 atom stereocenters. The summed E-state index contributed by atoms with van der Waals surface area (Å²) in [6.45, 7) is -1.27. The molecular formula is C18H16F3N3O4S. The highest BCUT2D eigenvalue weighted by molar-refractivity contribution is 8.00. The Labute approximate surface area is 168 Å². The summed E-state index contributed by atoms with van der Waals surface area (Å²) < 4.78 is 48.1. The number of pyridine rings is 1. The summed E-state index contributed by atoms with van der Waals surface area (Å²) in [7, 11) is 1.06. The van der Waals surface area contributed by atoms with E-state index >= 15 is 0 Å². The van der Waals surface area contributed by atoms with E-state index in [0.29, 0.717) is 22.1 Å². The first-order valence-electron chi connectivity index (χ1n) is 8.32. The number of carbonyl (C=O) groups is 2. The van der Waals surface area contributed by atoms with Crippen molar-refractivity contribution in [2.45, 2.75) is 11.2 Å². The van der Waals surface area contributed by atoms with E-state index in [-0.39, 0.29) is 29.0 Å². The van der Waals surface area contributed by atoms with Crippen molar-refractivity contribution in [1.82, 2.24) is 9.88 Å². The molecule has 154 valence electrons. The van der Waals surface area contributed by atoms with Gasteiger partial charge in [0, 0.05) is 25.0 Å². The van der Waals surface area contributed by atoms with Gasteiger partial charge in [0.15, 0.2) is 11.5 Å². The van der Waals surface area contributed by atoms with E-state index in [0.717, 1.165) is 18.8 Å². The topological polar surface area (TPSA) is 80.8 Å². The van der Waals surface area contributed by atoms with Gasteiger partial charge in [-0.3, -0.25) is 9.59 Å². The van der Waals surface area contributed by atoms with Gasteiger partial charge in [-0.1, -0.05) is 11.8 Å². The highest BCUT2D eigenvalue weighted by atomic mass is 32.2. The number of hydrogen-bond donors (Lipinski definition) is 1. The molecule has 0 bridgehead atoms. The van der Waals surface area contributed by atoms with E-state index in [1.807, 2.05) is 0 Å². The lowest BCUT2D eigenvalue weighted by molar-refractivity contribution is -0.138. The van der Waals surface area contributed by atoms with Crippen LogP contribution in [0, 0.1) is 0 Å². The maximum Gasteiger partial charge on any atom is 0.406 e. The first-order chi connectivity index (χ1) is 13.7. The standard InChI is InChI=1S/C18H16F3N3O4S/c1-24(9-18(19,20)21)17(26)12-3-2-6-22-16(12)29-8-15(25)23-11-4-5-13-14(7-11)28-10-27-13/h2-7H,8-10H2,1H3,(H,23,25). The number of aromatic nitrogens is 1. The third kappa shape index (κ3) is 5.53. The predicted molar refractivity (Wildman–Crippen MR) is 99.2 cm³/mol. The average Bonchev–Trinajstić information content (AvgIpc) is 3.12. The van der Waals surface area contributed by atoms with Gasteiger partial charge in [0.25, 0.3) is 5.91 Å². The van der Waals surface area contributed by atoms with Crippen LogP contribution in [0.5, 0.6) is 11.5 Å². The number of fused-ring (bicyclic) bond motifs is 1. The summed E-state index contributed by atoms with van der Waals surface area (Å²) in [5, 5.41) is 2.85. The molecule has 0 unspecified atom stereocenters. The van der Waals surface area contributed by atoms with Crippen LogP contribution in [0.25, 0.3) is 0 Å². The SMILES string of the molecule is CN(CC(F)(F)F)C(=O)c1cccnc1SCC(=O)Nc1ccc2c(c1)OCO2. The normalized spacial score (nSPS) is 12.6. The van der Waals surface area contributed by atoms with Crippen LogP contribution in [0.4, 0.5) is 18.9 Å². The number of thioether (sulfide) groups is 1. The van der Waals surface area contributed by atoms with E-state index in [2.05, 4.69) is 10.3 Å². The number of rotatable bonds is 6. The number of amides is 2. The summed E-state index contributed by atoms with van der Waals surface area (Å²) in [5.41, 5.74) is 0.502. The molecule has 1 N–H and O–H groups in total. The molecule has 1 aromatic carbocycles. The Morgan fingerprint density at radius 2 is 2.00 bits per heavy atom. The van der Waals surface area contributed by atoms with Gasteiger partial charge in [-0.2, -0.15) is 13.2 Å². The highest BCUT2D eigenvalue weighted by Crippen LogP contribution is 2.34.